The molecule has 0 bridgehead atoms. The Morgan fingerprint density at radius 1 is 0.786 bits per heavy atom. The summed E-state index contributed by atoms with van der Waals surface area (Å²) in [4.78, 5) is 0. The fraction of sp³-hybridized carbons (Fsp3) is 1.00. The highest BCUT2D eigenvalue weighted by Gasteiger charge is 2.74. The summed E-state index contributed by atoms with van der Waals surface area (Å²) in [6.45, 7) is -0.159. The van der Waals surface area contributed by atoms with E-state index in [4.69, 9.17) is 0 Å². The predicted octanol–water partition coefficient (Wildman–Crippen LogP) is 4.11. The summed E-state index contributed by atoms with van der Waals surface area (Å²) < 4.78 is 75.2. The molecule has 0 radical (unpaired) electrons. The number of rotatable bonds is 3. The maximum Gasteiger partial charge on any atom is 0.361 e. The summed E-state index contributed by atoms with van der Waals surface area (Å²) in [5.41, 5.74) is 0. The Bertz CT molecular complexity index is 189. The minimum Gasteiger partial charge on any atom is -0.221 e. The van der Waals surface area contributed by atoms with Gasteiger partial charge in [-0.2, -0.15) is 8.78 Å². The molecule has 0 heterocycles. The summed E-state index contributed by atoms with van der Waals surface area (Å²) in [7, 11) is 0. The van der Waals surface area contributed by atoms with E-state index < -0.39 is 22.1 Å². The third-order valence-corrected chi connectivity index (χ3v) is 2.45. The molecule has 2 unspecified atom stereocenters. The molecule has 8 heteroatoms. The van der Waals surface area contributed by atoms with Gasteiger partial charge in [0.05, 0.1) is 0 Å². The van der Waals surface area contributed by atoms with Crippen LogP contribution in [0.4, 0.5) is 26.3 Å². The first kappa shape index (κ1) is 14.2. The van der Waals surface area contributed by atoms with Crippen LogP contribution in [0.25, 0.3) is 0 Å². The SMILES string of the molecule is CC(F)(F)C(F)(F)C(F)(Cl)C(C)(F)Cl. The molecule has 14 heavy (non-hydrogen) atoms. The van der Waals surface area contributed by atoms with Gasteiger partial charge in [0.25, 0.3) is 5.13 Å². The molecule has 0 aliphatic heterocycles. The first-order chi connectivity index (χ1) is 5.75. The van der Waals surface area contributed by atoms with E-state index in [1.54, 1.807) is 0 Å². The Morgan fingerprint density at radius 3 is 1.14 bits per heavy atom. The number of halogens is 8. The first-order valence-electron chi connectivity index (χ1n) is 3.26. The zero-order valence-corrected chi connectivity index (χ0v) is 8.54. The quantitative estimate of drug-likeness (QED) is 0.531. The average Bonchev–Trinajstić information content (AvgIpc) is 1.81. The monoisotopic (exact) mass is 262 g/mol. The maximum absolute atomic E-state index is 12.9. The first-order valence-corrected chi connectivity index (χ1v) is 4.02. The molecule has 0 aliphatic carbocycles. The minimum absolute atomic E-state index is 0.126. The van der Waals surface area contributed by atoms with Crippen molar-refractivity contribution in [2.45, 2.75) is 35.9 Å². The van der Waals surface area contributed by atoms with Gasteiger partial charge in [0.1, 0.15) is 0 Å². The molecule has 2 atom stereocenters. The summed E-state index contributed by atoms with van der Waals surface area (Å²) in [6.07, 6.45) is 0. The summed E-state index contributed by atoms with van der Waals surface area (Å²) in [5.74, 6) is -10.3. The molecule has 0 saturated heterocycles. The molecule has 0 saturated carbocycles. The zero-order valence-electron chi connectivity index (χ0n) is 7.02. The molecule has 0 aromatic heterocycles. The van der Waals surface area contributed by atoms with E-state index in [2.05, 4.69) is 23.2 Å². The van der Waals surface area contributed by atoms with Gasteiger partial charge in [-0.1, -0.05) is 23.2 Å². The maximum atomic E-state index is 12.9. The number of alkyl halides is 8. The third kappa shape index (κ3) is 2.05. The lowest BCUT2D eigenvalue weighted by molar-refractivity contribution is -0.256. The molecule has 0 spiro atoms. The van der Waals surface area contributed by atoms with Gasteiger partial charge in [0.15, 0.2) is 0 Å². The van der Waals surface area contributed by atoms with Gasteiger partial charge in [0, 0.05) is 6.92 Å². The second-order valence-corrected chi connectivity index (χ2v) is 4.16. The van der Waals surface area contributed by atoms with Crippen molar-refractivity contribution in [1.29, 1.82) is 0 Å². The average molecular weight is 263 g/mol. The molecular formula is C6H6Cl2F6. The molecule has 0 aromatic rings. The van der Waals surface area contributed by atoms with Gasteiger partial charge in [0.2, 0.25) is 5.13 Å². The molecule has 0 N–H and O–H groups in total. The van der Waals surface area contributed by atoms with Crippen molar-refractivity contribution in [2.24, 2.45) is 0 Å². The Labute approximate surface area is 86.2 Å². The van der Waals surface area contributed by atoms with E-state index in [0.717, 1.165) is 0 Å². The molecule has 0 nitrogen and oxygen atoms in total. The molecule has 0 aliphatic rings. The van der Waals surface area contributed by atoms with Crippen molar-refractivity contribution in [3.63, 3.8) is 0 Å². The van der Waals surface area contributed by atoms with E-state index in [1.165, 1.54) is 0 Å². The number of hydrogen-bond acceptors (Lipinski definition) is 0. The molecule has 86 valence electrons. The highest BCUT2D eigenvalue weighted by atomic mass is 35.5. The summed E-state index contributed by atoms with van der Waals surface area (Å²) in [6, 6.07) is 0. The van der Waals surface area contributed by atoms with Crippen LogP contribution in [0.1, 0.15) is 13.8 Å². The van der Waals surface area contributed by atoms with Crippen molar-refractivity contribution < 1.29 is 26.3 Å². The fourth-order valence-electron chi connectivity index (χ4n) is 0.551. The Balaban J connectivity index is 5.30. The highest BCUT2D eigenvalue weighted by molar-refractivity contribution is 6.33. The van der Waals surface area contributed by atoms with Crippen LogP contribution in [-0.2, 0) is 0 Å². The molecule has 0 amide bonds. The van der Waals surface area contributed by atoms with Crippen LogP contribution < -0.4 is 0 Å². The van der Waals surface area contributed by atoms with Crippen LogP contribution in [0.5, 0.6) is 0 Å². The second kappa shape index (κ2) is 3.33. The van der Waals surface area contributed by atoms with Crippen LogP contribution in [0, 0.1) is 0 Å². The largest absolute Gasteiger partial charge is 0.361 e. The van der Waals surface area contributed by atoms with Crippen LogP contribution in [0.2, 0.25) is 0 Å². The molecule has 0 rings (SSSR count). The standard InChI is InChI=1S/C6H6Cl2F6/c1-3(7,9)5(8,12)6(13,14)4(2,10)11/h1-2H3. The van der Waals surface area contributed by atoms with Crippen LogP contribution in [0.15, 0.2) is 0 Å². The number of hydrogen-bond donors (Lipinski definition) is 0. The lowest BCUT2D eigenvalue weighted by Crippen LogP contribution is -2.59. The lowest BCUT2D eigenvalue weighted by Gasteiger charge is -2.36. The predicted molar refractivity (Wildman–Crippen MR) is 40.6 cm³/mol. The Kier molecular flexibility index (Phi) is 3.37. The highest BCUT2D eigenvalue weighted by Crippen LogP contribution is 2.54. The van der Waals surface area contributed by atoms with Gasteiger partial charge in [-0.3, -0.25) is 0 Å². The fourth-order valence-corrected chi connectivity index (χ4v) is 0.836. The second-order valence-electron chi connectivity index (χ2n) is 2.93. The molecule has 0 aromatic carbocycles. The van der Waals surface area contributed by atoms with Gasteiger partial charge in [-0.05, 0) is 6.92 Å². The molecule has 0 fully saturated rings. The topological polar surface area (TPSA) is 0 Å². The van der Waals surface area contributed by atoms with Crippen molar-refractivity contribution >= 4 is 23.2 Å². The summed E-state index contributed by atoms with van der Waals surface area (Å²) in [5, 5.41) is -8.52. The third-order valence-electron chi connectivity index (χ3n) is 1.50. The van der Waals surface area contributed by atoms with E-state index in [9.17, 15) is 26.3 Å². The van der Waals surface area contributed by atoms with Gasteiger partial charge in [-0.25, -0.2) is 17.6 Å². The van der Waals surface area contributed by atoms with Crippen LogP contribution in [-0.4, -0.2) is 22.1 Å². The zero-order chi connectivity index (χ0) is 12.0. The van der Waals surface area contributed by atoms with E-state index >= 15 is 0 Å². The van der Waals surface area contributed by atoms with E-state index in [-0.39, 0.29) is 13.8 Å². The van der Waals surface area contributed by atoms with Crippen molar-refractivity contribution in [3.8, 4) is 0 Å². The van der Waals surface area contributed by atoms with E-state index in [1.807, 2.05) is 0 Å². The lowest BCUT2D eigenvalue weighted by atomic mass is 10.0. The Hall–Kier alpha value is 0.160. The van der Waals surface area contributed by atoms with Crippen molar-refractivity contribution in [3.05, 3.63) is 0 Å². The molecular weight excluding hydrogens is 257 g/mol. The van der Waals surface area contributed by atoms with Gasteiger partial charge in [-0.15, -0.1) is 0 Å². The van der Waals surface area contributed by atoms with Crippen LogP contribution >= 0.6 is 23.2 Å². The van der Waals surface area contributed by atoms with Gasteiger partial charge >= 0.3 is 11.8 Å². The van der Waals surface area contributed by atoms with E-state index in [0.29, 0.717) is 0 Å². The Morgan fingerprint density at radius 2 is 1.07 bits per heavy atom. The summed E-state index contributed by atoms with van der Waals surface area (Å²) >= 11 is 8.91. The van der Waals surface area contributed by atoms with Gasteiger partial charge < -0.3 is 0 Å². The van der Waals surface area contributed by atoms with Crippen LogP contribution in [0.3, 0.4) is 0 Å². The minimum atomic E-state index is -5.42. The normalized spacial score (nSPS) is 22.7. The van der Waals surface area contributed by atoms with Crippen molar-refractivity contribution in [2.75, 3.05) is 0 Å². The van der Waals surface area contributed by atoms with Crippen molar-refractivity contribution in [1.82, 2.24) is 0 Å². The smallest absolute Gasteiger partial charge is 0.221 e.